The van der Waals surface area contributed by atoms with Crippen molar-refractivity contribution in [2.75, 3.05) is 32.1 Å². The summed E-state index contributed by atoms with van der Waals surface area (Å²) in [5, 5.41) is 13.7. The second-order valence-corrected chi connectivity index (χ2v) is 5.64. The Balaban J connectivity index is 2.04. The Bertz CT molecular complexity index is 582. The van der Waals surface area contributed by atoms with Crippen molar-refractivity contribution >= 4 is 17.3 Å². The molecule has 0 radical (unpaired) electrons. The molecule has 1 aromatic carbocycles. The predicted octanol–water partition coefficient (Wildman–Crippen LogP) is 1.65. The molecule has 0 aromatic heterocycles. The molecule has 1 saturated heterocycles. The number of benzene rings is 1. The van der Waals surface area contributed by atoms with Crippen LogP contribution in [0.5, 0.6) is 5.75 Å². The fourth-order valence-corrected chi connectivity index (χ4v) is 2.70. The van der Waals surface area contributed by atoms with Crippen LogP contribution < -0.4 is 10.1 Å². The van der Waals surface area contributed by atoms with Gasteiger partial charge in [-0.3, -0.25) is 19.8 Å². The Morgan fingerprint density at radius 2 is 2.09 bits per heavy atom. The largest absolute Gasteiger partial charge is 0.496 e. The van der Waals surface area contributed by atoms with Gasteiger partial charge in [0.25, 0.3) is 5.69 Å². The molecule has 0 aliphatic carbocycles. The van der Waals surface area contributed by atoms with E-state index in [4.69, 9.17) is 9.47 Å². The summed E-state index contributed by atoms with van der Waals surface area (Å²) in [5.41, 5.74) is -0.0310. The first-order valence-electron chi connectivity index (χ1n) is 7.39. The van der Waals surface area contributed by atoms with Crippen molar-refractivity contribution in [1.29, 1.82) is 0 Å². The van der Waals surface area contributed by atoms with Crippen LogP contribution in [0.4, 0.5) is 11.4 Å². The van der Waals surface area contributed by atoms with Gasteiger partial charge in [0.1, 0.15) is 11.4 Å². The van der Waals surface area contributed by atoms with Gasteiger partial charge >= 0.3 is 0 Å². The van der Waals surface area contributed by atoms with Gasteiger partial charge in [-0.1, -0.05) is 0 Å². The van der Waals surface area contributed by atoms with Gasteiger partial charge in [0.15, 0.2) is 0 Å². The van der Waals surface area contributed by atoms with Crippen LogP contribution >= 0.6 is 0 Å². The number of nitro groups is 1. The van der Waals surface area contributed by atoms with E-state index in [1.54, 1.807) is 6.07 Å². The predicted molar refractivity (Wildman–Crippen MR) is 84.7 cm³/mol. The average Bonchev–Trinajstić information content (AvgIpc) is 2.46. The fourth-order valence-electron chi connectivity index (χ4n) is 2.70. The molecule has 2 rings (SSSR count). The molecular formula is C15H21N3O5. The molecular weight excluding hydrogens is 302 g/mol. The van der Waals surface area contributed by atoms with E-state index in [-0.39, 0.29) is 36.0 Å². The third kappa shape index (κ3) is 4.64. The molecule has 2 atom stereocenters. The second-order valence-electron chi connectivity index (χ2n) is 5.64. The number of hydrogen-bond donors (Lipinski definition) is 1. The molecule has 1 amide bonds. The minimum absolute atomic E-state index is 0.0573. The van der Waals surface area contributed by atoms with E-state index in [1.165, 1.54) is 19.2 Å². The molecule has 8 heteroatoms. The van der Waals surface area contributed by atoms with Crippen molar-refractivity contribution in [3.8, 4) is 5.75 Å². The van der Waals surface area contributed by atoms with Crippen LogP contribution in [0.3, 0.4) is 0 Å². The molecule has 1 aliphatic heterocycles. The van der Waals surface area contributed by atoms with Crippen LogP contribution in [-0.4, -0.2) is 54.7 Å². The summed E-state index contributed by atoms with van der Waals surface area (Å²) in [4.78, 5) is 24.7. The lowest BCUT2D eigenvalue weighted by Gasteiger charge is -2.34. The summed E-state index contributed by atoms with van der Waals surface area (Å²) < 4.78 is 10.6. The van der Waals surface area contributed by atoms with Crippen LogP contribution in [0.25, 0.3) is 0 Å². The maximum atomic E-state index is 12.2. The smallest absolute Gasteiger partial charge is 0.296 e. The highest BCUT2D eigenvalue weighted by molar-refractivity contribution is 5.94. The van der Waals surface area contributed by atoms with Gasteiger partial charge in [-0.15, -0.1) is 0 Å². The number of nitrogens with zero attached hydrogens (tertiary/aromatic N) is 2. The second kappa shape index (κ2) is 7.38. The van der Waals surface area contributed by atoms with Crippen molar-refractivity contribution in [1.82, 2.24) is 4.90 Å². The number of nitrogens with one attached hydrogen (secondary N) is 1. The lowest BCUT2D eigenvalue weighted by molar-refractivity contribution is -0.384. The van der Waals surface area contributed by atoms with E-state index < -0.39 is 4.92 Å². The number of carbonyl (C=O) groups excluding carboxylic acids is 1. The van der Waals surface area contributed by atoms with Gasteiger partial charge in [0, 0.05) is 13.1 Å². The number of anilines is 1. The van der Waals surface area contributed by atoms with Gasteiger partial charge in [0.2, 0.25) is 5.91 Å². The van der Waals surface area contributed by atoms with Crippen LogP contribution in [0.15, 0.2) is 18.2 Å². The van der Waals surface area contributed by atoms with E-state index >= 15 is 0 Å². The minimum Gasteiger partial charge on any atom is -0.496 e. The third-order valence-corrected chi connectivity index (χ3v) is 3.54. The number of amides is 1. The zero-order valence-electron chi connectivity index (χ0n) is 13.4. The summed E-state index contributed by atoms with van der Waals surface area (Å²) >= 11 is 0. The zero-order chi connectivity index (χ0) is 17.0. The molecule has 1 N–H and O–H groups in total. The van der Waals surface area contributed by atoms with E-state index in [9.17, 15) is 14.9 Å². The first kappa shape index (κ1) is 17.2. The Kier molecular flexibility index (Phi) is 5.51. The lowest BCUT2D eigenvalue weighted by Crippen LogP contribution is -2.48. The van der Waals surface area contributed by atoms with Crippen molar-refractivity contribution in [2.45, 2.75) is 26.1 Å². The standard InChI is InChI=1S/C15H21N3O5/c1-10-7-17(8-11(2)23-10)9-15(19)16-13-5-4-12(22-3)6-14(13)18(20)21/h4-6,10-11H,7-9H2,1-3H3,(H,16,19)/t10-,11-/m0/s1. The van der Waals surface area contributed by atoms with E-state index in [1.807, 2.05) is 18.7 Å². The highest BCUT2D eigenvalue weighted by atomic mass is 16.6. The van der Waals surface area contributed by atoms with Crippen LogP contribution in [0, 0.1) is 10.1 Å². The number of morpholine rings is 1. The van der Waals surface area contributed by atoms with Crippen molar-refractivity contribution in [3.05, 3.63) is 28.3 Å². The number of hydrogen-bond acceptors (Lipinski definition) is 6. The molecule has 1 aromatic rings. The zero-order valence-corrected chi connectivity index (χ0v) is 13.4. The highest BCUT2D eigenvalue weighted by Crippen LogP contribution is 2.28. The Morgan fingerprint density at radius 1 is 1.43 bits per heavy atom. The lowest BCUT2D eigenvalue weighted by atomic mass is 10.2. The Hall–Kier alpha value is -2.19. The van der Waals surface area contributed by atoms with Gasteiger partial charge in [-0.05, 0) is 26.0 Å². The monoisotopic (exact) mass is 323 g/mol. The molecule has 126 valence electrons. The first-order chi connectivity index (χ1) is 10.9. The molecule has 0 spiro atoms. The highest BCUT2D eigenvalue weighted by Gasteiger charge is 2.24. The molecule has 0 unspecified atom stereocenters. The van der Waals surface area contributed by atoms with Crippen molar-refractivity contribution in [2.24, 2.45) is 0 Å². The number of nitro benzene ring substituents is 1. The molecule has 8 nitrogen and oxygen atoms in total. The number of ether oxygens (including phenoxy) is 2. The summed E-state index contributed by atoms with van der Waals surface area (Å²) in [6.07, 6.45) is 0.115. The minimum atomic E-state index is -0.545. The summed E-state index contributed by atoms with van der Waals surface area (Å²) in [7, 11) is 1.43. The molecule has 1 heterocycles. The van der Waals surface area contributed by atoms with Crippen molar-refractivity contribution in [3.63, 3.8) is 0 Å². The molecule has 23 heavy (non-hydrogen) atoms. The summed E-state index contributed by atoms with van der Waals surface area (Å²) in [6, 6.07) is 4.33. The van der Waals surface area contributed by atoms with E-state index in [2.05, 4.69) is 5.32 Å². The van der Waals surface area contributed by atoms with E-state index in [0.717, 1.165) is 0 Å². The SMILES string of the molecule is COc1ccc(NC(=O)CN2C[C@H](C)O[C@@H](C)C2)c([N+](=O)[O-])c1. The quantitative estimate of drug-likeness (QED) is 0.654. The number of methoxy groups -OCH3 is 1. The molecule has 1 aliphatic rings. The maximum Gasteiger partial charge on any atom is 0.296 e. The summed E-state index contributed by atoms with van der Waals surface area (Å²) in [5.74, 6) is 0.0742. The number of rotatable bonds is 5. The first-order valence-corrected chi connectivity index (χ1v) is 7.39. The Morgan fingerprint density at radius 3 is 2.65 bits per heavy atom. The maximum absolute atomic E-state index is 12.2. The topological polar surface area (TPSA) is 93.9 Å². The van der Waals surface area contributed by atoms with Crippen LogP contribution in [-0.2, 0) is 9.53 Å². The van der Waals surface area contributed by atoms with Crippen molar-refractivity contribution < 1.29 is 19.2 Å². The Labute approximate surface area is 134 Å². The van der Waals surface area contributed by atoms with E-state index in [0.29, 0.717) is 18.8 Å². The molecule has 0 saturated carbocycles. The third-order valence-electron chi connectivity index (χ3n) is 3.54. The molecule has 0 bridgehead atoms. The molecule has 1 fully saturated rings. The van der Waals surface area contributed by atoms with Crippen LogP contribution in [0.2, 0.25) is 0 Å². The van der Waals surface area contributed by atoms with Crippen LogP contribution in [0.1, 0.15) is 13.8 Å². The fraction of sp³-hybridized carbons (Fsp3) is 0.533. The number of carbonyl (C=O) groups is 1. The normalized spacial score (nSPS) is 21.7. The van der Waals surface area contributed by atoms with Gasteiger partial charge < -0.3 is 14.8 Å². The van der Waals surface area contributed by atoms with Gasteiger partial charge in [-0.2, -0.15) is 0 Å². The average molecular weight is 323 g/mol. The summed E-state index contributed by atoms with van der Waals surface area (Å²) in [6.45, 7) is 5.38. The van der Waals surface area contributed by atoms with Gasteiger partial charge in [0.05, 0.1) is 36.9 Å². The van der Waals surface area contributed by atoms with Gasteiger partial charge in [-0.25, -0.2) is 0 Å².